The molecule has 100 valence electrons. The molecule has 1 aromatic heterocycles. The number of halogens is 2. The van der Waals surface area contributed by atoms with Gasteiger partial charge in [-0.1, -0.05) is 37.0 Å². The molecule has 0 bridgehead atoms. The molecule has 6 heteroatoms. The molecule has 1 unspecified atom stereocenters. The van der Waals surface area contributed by atoms with E-state index in [0.29, 0.717) is 12.3 Å². The smallest absolute Gasteiger partial charge is 0.271 e. The van der Waals surface area contributed by atoms with Crippen molar-refractivity contribution in [2.24, 2.45) is 5.92 Å². The first-order valence-corrected chi connectivity index (χ1v) is 6.43. The monoisotopic (exact) mass is 290 g/mol. The van der Waals surface area contributed by atoms with Crippen LogP contribution in [-0.2, 0) is 0 Å². The molecule has 1 atom stereocenters. The first-order valence-electron chi connectivity index (χ1n) is 5.67. The average molecular weight is 291 g/mol. The van der Waals surface area contributed by atoms with Gasteiger partial charge in [0.1, 0.15) is 10.8 Å². The molecular weight excluding hydrogens is 275 g/mol. The highest BCUT2D eigenvalue weighted by molar-refractivity contribution is 6.34. The Labute approximate surface area is 116 Å². The second-order valence-corrected chi connectivity index (χ2v) is 5.24. The zero-order valence-corrected chi connectivity index (χ0v) is 11.8. The molecule has 0 fully saturated rings. The summed E-state index contributed by atoms with van der Waals surface area (Å²) in [4.78, 5) is 15.8. The van der Waals surface area contributed by atoms with E-state index in [1.807, 2.05) is 13.8 Å². The van der Waals surface area contributed by atoms with Gasteiger partial charge in [0.15, 0.2) is 0 Å². The number of carbonyl (C=O) groups is 1. The molecule has 1 rings (SSSR count). The van der Waals surface area contributed by atoms with Gasteiger partial charge in [-0.15, -0.1) is 0 Å². The molecule has 0 radical (unpaired) electrons. The van der Waals surface area contributed by atoms with Crippen molar-refractivity contribution in [1.82, 2.24) is 10.3 Å². The summed E-state index contributed by atoms with van der Waals surface area (Å²) >= 11 is 11.6. The quantitative estimate of drug-likeness (QED) is 0.819. The predicted molar refractivity (Wildman–Crippen MR) is 72.1 cm³/mol. The third kappa shape index (κ3) is 4.44. The lowest BCUT2D eigenvalue weighted by Crippen LogP contribution is -2.38. The first-order chi connectivity index (χ1) is 8.43. The largest absolute Gasteiger partial charge is 0.394 e. The molecule has 1 aromatic rings. The van der Waals surface area contributed by atoms with E-state index in [0.717, 1.165) is 0 Å². The van der Waals surface area contributed by atoms with Gasteiger partial charge >= 0.3 is 0 Å². The highest BCUT2D eigenvalue weighted by Gasteiger charge is 2.18. The van der Waals surface area contributed by atoms with Crippen molar-refractivity contribution < 1.29 is 9.90 Å². The van der Waals surface area contributed by atoms with Gasteiger partial charge in [-0.3, -0.25) is 4.79 Å². The number of hydrogen-bond donors (Lipinski definition) is 2. The third-order valence-corrected chi connectivity index (χ3v) is 2.85. The van der Waals surface area contributed by atoms with Crippen molar-refractivity contribution in [3.8, 4) is 0 Å². The summed E-state index contributed by atoms with van der Waals surface area (Å²) < 4.78 is 0. The van der Waals surface area contributed by atoms with Crippen LogP contribution in [0.2, 0.25) is 10.2 Å². The van der Waals surface area contributed by atoms with Crippen LogP contribution in [0.15, 0.2) is 12.1 Å². The minimum atomic E-state index is -0.429. The molecule has 0 saturated heterocycles. The molecule has 0 spiro atoms. The van der Waals surface area contributed by atoms with E-state index in [1.54, 1.807) is 0 Å². The van der Waals surface area contributed by atoms with Crippen LogP contribution in [0.25, 0.3) is 0 Å². The summed E-state index contributed by atoms with van der Waals surface area (Å²) in [5, 5.41) is 12.3. The number of rotatable bonds is 5. The fraction of sp³-hybridized carbons (Fsp3) is 0.500. The lowest BCUT2D eigenvalue weighted by molar-refractivity contribution is 0.0903. The zero-order chi connectivity index (χ0) is 13.7. The number of carbonyl (C=O) groups excluding carboxylic acids is 1. The molecule has 0 aromatic carbocycles. The first kappa shape index (κ1) is 15.2. The number of amides is 1. The van der Waals surface area contributed by atoms with E-state index in [2.05, 4.69) is 10.3 Å². The third-order valence-electron chi connectivity index (χ3n) is 2.34. The van der Waals surface area contributed by atoms with Gasteiger partial charge in [-0.2, -0.15) is 0 Å². The summed E-state index contributed by atoms with van der Waals surface area (Å²) in [6.45, 7) is 3.90. The molecule has 18 heavy (non-hydrogen) atoms. The zero-order valence-electron chi connectivity index (χ0n) is 10.3. The summed E-state index contributed by atoms with van der Waals surface area (Å²) in [5.74, 6) is -0.0626. The fourth-order valence-electron chi connectivity index (χ4n) is 1.58. The van der Waals surface area contributed by atoms with Gasteiger partial charge in [0, 0.05) is 0 Å². The summed E-state index contributed by atoms with van der Waals surface area (Å²) in [6, 6.07) is 2.72. The van der Waals surface area contributed by atoms with E-state index >= 15 is 0 Å². The number of aliphatic hydroxyl groups excluding tert-OH is 1. The Balaban J connectivity index is 2.77. The number of aliphatic hydroxyl groups is 1. The van der Waals surface area contributed by atoms with E-state index < -0.39 is 5.91 Å². The Hall–Kier alpha value is -0.840. The number of nitrogens with one attached hydrogen (secondary N) is 1. The second-order valence-electron chi connectivity index (χ2n) is 4.45. The lowest BCUT2D eigenvalue weighted by atomic mass is 10.0. The van der Waals surface area contributed by atoms with Crippen molar-refractivity contribution in [3.05, 3.63) is 28.0 Å². The SMILES string of the molecule is CC(C)CC(CO)NC(=O)c1nc(Cl)ccc1Cl. The van der Waals surface area contributed by atoms with Gasteiger partial charge in [0.05, 0.1) is 17.7 Å². The molecule has 0 aliphatic heterocycles. The molecule has 0 aliphatic rings. The van der Waals surface area contributed by atoms with Gasteiger partial charge in [-0.25, -0.2) is 4.98 Å². The Morgan fingerprint density at radius 2 is 2.11 bits per heavy atom. The predicted octanol–water partition coefficient (Wildman–Crippen LogP) is 2.53. The van der Waals surface area contributed by atoms with Crippen LogP contribution in [-0.4, -0.2) is 28.6 Å². The Morgan fingerprint density at radius 3 is 2.67 bits per heavy atom. The van der Waals surface area contributed by atoms with E-state index in [-0.39, 0.29) is 28.5 Å². The Bertz CT molecular complexity index is 425. The lowest BCUT2D eigenvalue weighted by Gasteiger charge is -2.18. The second kappa shape index (κ2) is 6.92. The van der Waals surface area contributed by atoms with Crippen molar-refractivity contribution in [3.63, 3.8) is 0 Å². The van der Waals surface area contributed by atoms with Crippen LogP contribution in [0, 0.1) is 5.92 Å². The Kier molecular flexibility index (Phi) is 5.85. The fourth-order valence-corrected chi connectivity index (χ4v) is 1.92. The normalized spacial score (nSPS) is 12.6. The van der Waals surface area contributed by atoms with E-state index in [1.165, 1.54) is 12.1 Å². The number of hydrogen-bond acceptors (Lipinski definition) is 3. The van der Waals surface area contributed by atoms with Crippen molar-refractivity contribution >= 4 is 29.1 Å². The highest BCUT2D eigenvalue weighted by atomic mass is 35.5. The van der Waals surface area contributed by atoms with Crippen LogP contribution in [0.4, 0.5) is 0 Å². The maximum absolute atomic E-state index is 11.9. The maximum Gasteiger partial charge on any atom is 0.271 e. The van der Waals surface area contributed by atoms with Gasteiger partial charge in [0.25, 0.3) is 5.91 Å². The number of aromatic nitrogens is 1. The van der Waals surface area contributed by atoms with Crippen LogP contribution in [0.1, 0.15) is 30.8 Å². The molecule has 1 heterocycles. The average Bonchev–Trinajstić information content (AvgIpc) is 2.30. The summed E-state index contributed by atoms with van der Waals surface area (Å²) in [7, 11) is 0. The summed E-state index contributed by atoms with van der Waals surface area (Å²) in [5.41, 5.74) is 0.0753. The topological polar surface area (TPSA) is 62.2 Å². The number of pyridine rings is 1. The molecule has 4 nitrogen and oxygen atoms in total. The minimum absolute atomic E-state index is 0.0753. The van der Waals surface area contributed by atoms with Crippen LogP contribution in [0.3, 0.4) is 0 Å². The van der Waals surface area contributed by atoms with Crippen LogP contribution < -0.4 is 5.32 Å². The standard InChI is InChI=1S/C12H16Cl2N2O2/c1-7(2)5-8(6-17)15-12(18)11-9(13)3-4-10(14)16-11/h3-4,7-8,17H,5-6H2,1-2H3,(H,15,18). The van der Waals surface area contributed by atoms with Crippen LogP contribution in [0.5, 0.6) is 0 Å². The minimum Gasteiger partial charge on any atom is -0.394 e. The highest BCUT2D eigenvalue weighted by Crippen LogP contribution is 2.17. The molecule has 0 aliphatic carbocycles. The number of nitrogens with zero attached hydrogens (tertiary/aromatic N) is 1. The molecule has 0 saturated carbocycles. The van der Waals surface area contributed by atoms with E-state index in [4.69, 9.17) is 23.2 Å². The van der Waals surface area contributed by atoms with Crippen molar-refractivity contribution in [1.29, 1.82) is 0 Å². The molecular formula is C12H16Cl2N2O2. The van der Waals surface area contributed by atoms with Gasteiger partial charge in [0.2, 0.25) is 0 Å². The van der Waals surface area contributed by atoms with E-state index in [9.17, 15) is 9.90 Å². The van der Waals surface area contributed by atoms with Gasteiger partial charge < -0.3 is 10.4 Å². The maximum atomic E-state index is 11.9. The van der Waals surface area contributed by atoms with Crippen LogP contribution >= 0.6 is 23.2 Å². The van der Waals surface area contributed by atoms with Crippen molar-refractivity contribution in [2.45, 2.75) is 26.3 Å². The van der Waals surface area contributed by atoms with Crippen molar-refractivity contribution in [2.75, 3.05) is 6.61 Å². The Morgan fingerprint density at radius 1 is 1.44 bits per heavy atom. The van der Waals surface area contributed by atoms with Gasteiger partial charge in [-0.05, 0) is 24.5 Å². The summed E-state index contributed by atoms with van der Waals surface area (Å²) in [6.07, 6.45) is 0.681. The molecule has 1 amide bonds. The molecule has 2 N–H and O–H groups in total.